The minimum absolute atomic E-state index is 0.0826. The molecule has 0 fully saturated rings. The average molecular weight is 386 g/mol. The number of hydrogen-bond acceptors (Lipinski definition) is 3. The number of anilines is 1. The summed E-state index contributed by atoms with van der Waals surface area (Å²) in [5.41, 5.74) is 4.66. The van der Waals surface area contributed by atoms with Crippen LogP contribution in [0.5, 0.6) is 0 Å². The van der Waals surface area contributed by atoms with Crippen molar-refractivity contribution in [3.8, 4) is 0 Å². The maximum absolute atomic E-state index is 12.4. The second-order valence-electron chi connectivity index (χ2n) is 6.16. The molecular weight excluding hydrogens is 366 g/mol. The SMILES string of the molecule is Cc1ccc(NC(=O)Cc2csc(=Nc3ccccc3C)n2C)cc1Cl. The van der Waals surface area contributed by atoms with Crippen LogP contribution in [0.2, 0.25) is 5.02 Å². The van der Waals surface area contributed by atoms with Gasteiger partial charge in [0.2, 0.25) is 5.91 Å². The summed E-state index contributed by atoms with van der Waals surface area (Å²) in [5, 5.41) is 5.50. The van der Waals surface area contributed by atoms with Crippen molar-refractivity contribution in [1.82, 2.24) is 4.57 Å². The molecule has 0 saturated heterocycles. The maximum Gasteiger partial charge on any atom is 0.230 e. The molecule has 3 aromatic rings. The molecule has 0 saturated carbocycles. The first-order valence-corrected chi connectivity index (χ1v) is 9.49. The molecule has 0 aliphatic carbocycles. The van der Waals surface area contributed by atoms with Crippen molar-refractivity contribution in [2.45, 2.75) is 20.3 Å². The Kier molecular flexibility index (Phi) is 5.59. The Balaban J connectivity index is 1.77. The van der Waals surface area contributed by atoms with E-state index in [1.54, 1.807) is 6.07 Å². The summed E-state index contributed by atoms with van der Waals surface area (Å²) in [6.45, 7) is 3.96. The Hall–Kier alpha value is -2.37. The van der Waals surface area contributed by atoms with Crippen LogP contribution in [0.25, 0.3) is 0 Å². The molecule has 1 amide bonds. The molecule has 3 rings (SSSR count). The summed E-state index contributed by atoms with van der Waals surface area (Å²) in [4.78, 5) is 17.9. The normalized spacial score (nSPS) is 11.6. The molecule has 134 valence electrons. The minimum Gasteiger partial charge on any atom is -0.326 e. The zero-order chi connectivity index (χ0) is 18.7. The van der Waals surface area contributed by atoms with E-state index in [2.05, 4.69) is 5.32 Å². The summed E-state index contributed by atoms with van der Waals surface area (Å²) in [5.74, 6) is -0.0826. The van der Waals surface area contributed by atoms with E-state index in [0.717, 1.165) is 27.3 Å². The highest BCUT2D eigenvalue weighted by atomic mass is 35.5. The van der Waals surface area contributed by atoms with Crippen LogP contribution < -0.4 is 10.1 Å². The number of rotatable bonds is 4. The first-order valence-electron chi connectivity index (χ1n) is 8.24. The molecular formula is C20H20ClN3OS. The van der Waals surface area contributed by atoms with Crippen LogP contribution in [0, 0.1) is 13.8 Å². The molecule has 0 radical (unpaired) electrons. The molecule has 2 aromatic carbocycles. The fraction of sp³-hybridized carbons (Fsp3) is 0.200. The molecule has 0 aliphatic heterocycles. The first-order chi connectivity index (χ1) is 12.4. The van der Waals surface area contributed by atoms with E-state index in [-0.39, 0.29) is 12.3 Å². The molecule has 0 unspecified atom stereocenters. The third-order valence-electron chi connectivity index (χ3n) is 4.15. The fourth-order valence-corrected chi connectivity index (χ4v) is 3.59. The van der Waals surface area contributed by atoms with Gasteiger partial charge < -0.3 is 9.88 Å². The van der Waals surface area contributed by atoms with Gasteiger partial charge in [-0.3, -0.25) is 4.79 Å². The van der Waals surface area contributed by atoms with Gasteiger partial charge in [-0.1, -0.05) is 35.9 Å². The van der Waals surface area contributed by atoms with Crippen LogP contribution >= 0.6 is 22.9 Å². The number of nitrogens with one attached hydrogen (secondary N) is 1. The van der Waals surface area contributed by atoms with E-state index in [0.29, 0.717) is 10.7 Å². The molecule has 4 nitrogen and oxygen atoms in total. The highest BCUT2D eigenvalue weighted by Gasteiger charge is 2.09. The number of hydrogen-bond donors (Lipinski definition) is 1. The van der Waals surface area contributed by atoms with Crippen molar-refractivity contribution in [3.63, 3.8) is 0 Å². The van der Waals surface area contributed by atoms with Gasteiger partial charge in [-0.05, 0) is 43.2 Å². The number of carbonyl (C=O) groups is 1. The second-order valence-corrected chi connectivity index (χ2v) is 7.40. The lowest BCUT2D eigenvalue weighted by Gasteiger charge is -2.07. The van der Waals surface area contributed by atoms with Crippen LogP contribution in [-0.2, 0) is 18.3 Å². The fourth-order valence-electron chi connectivity index (χ4n) is 2.50. The molecule has 0 atom stereocenters. The molecule has 0 bridgehead atoms. The van der Waals surface area contributed by atoms with Crippen molar-refractivity contribution in [2.75, 3.05) is 5.32 Å². The predicted molar refractivity (Wildman–Crippen MR) is 108 cm³/mol. The van der Waals surface area contributed by atoms with Crippen molar-refractivity contribution in [1.29, 1.82) is 0 Å². The number of halogens is 1. The molecule has 26 heavy (non-hydrogen) atoms. The van der Waals surface area contributed by atoms with Crippen molar-refractivity contribution in [2.24, 2.45) is 12.0 Å². The molecule has 1 N–H and O–H groups in total. The van der Waals surface area contributed by atoms with Gasteiger partial charge in [-0.2, -0.15) is 0 Å². The van der Waals surface area contributed by atoms with Gasteiger partial charge >= 0.3 is 0 Å². The average Bonchev–Trinajstić information content (AvgIpc) is 2.93. The number of para-hydroxylation sites is 1. The Morgan fingerprint density at radius 1 is 1.19 bits per heavy atom. The van der Waals surface area contributed by atoms with Gasteiger partial charge in [0.05, 0.1) is 12.1 Å². The van der Waals surface area contributed by atoms with Gasteiger partial charge in [0.25, 0.3) is 0 Å². The quantitative estimate of drug-likeness (QED) is 0.690. The number of aromatic nitrogens is 1. The third-order valence-corrected chi connectivity index (χ3v) is 5.52. The molecule has 6 heteroatoms. The Morgan fingerprint density at radius 2 is 1.96 bits per heavy atom. The summed E-state index contributed by atoms with van der Waals surface area (Å²) in [7, 11) is 1.93. The monoisotopic (exact) mass is 385 g/mol. The van der Waals surface area contributed by atoms with Crippen LogP contribution in [0.3, 0.4) is 0 Å². The number of nitrogens with zero attached hydrogens (tertiary/aromatic N) is 2. The smallest absolute Gasteiger partial charge is 0.230 e. The zero-order valence-corrected chi connectivity index (χ0v) is 16.5. The minimum atomic E-state index is -0.0826. The summed E-state index contributed by atoms with van der Waals surface area (Å²) in [6, 6.07) is 13.5. The lowest BCUT2D eigenvalue weighted by Crippen LogP contribution is -2.19. The van der Waals surface area contributed by atoms with Crippen LogP contribution in [0.4, 0.5) is 11.4 Å². The van der Waals surface area contributed by atoms with Crippen LogP contribution in [0.15, 0.2) is 52.8 Å². The predicted octanol–water partition coefficient (Wildman–Crippen LogP) is 4.77. The van der Waals surface area contributed by atoms with Gasteiger partial charge in [-0.15, -0.1) is 11.3 Å². The van der Waals surface area contributed by atoms with Crippen molar-refractivity contribution < 1.29 is 4.79 Å². The lowest BCUT2D eigenvalue weighted by atomic mass is 10.2. The summed E-state index contributed by atoms with van der Waals surface area (Å²) in [6.07, 6.45) is 0.280. The Labute approximate surface area is 161 Å². The number of carbonyl (C=O) groups excluding carboxylic acids is 1. The highest BCUT2D eigenvalue weighted by Crippen LogP contribution is 2.20. The standard InChI is InChI=1S/C20H20ClN3OS/c1-13-8-9-15(10-17(13)21)22-19(25)11-16-12-26-20(24(16)3)23-18-7-5-4-6-14(18)2/h4-10,12H,11H2,1-3H3,(H,22,25). The maximum atomic E-state index is 12.4. The van der Waals surface area contributed by atoms with E-state index < -0.39 is 0 Å². The number of aryl methyl sites for hydroxylation is 2. The topological polar surface area (TPSA) is 46.4 Å². The van der Waals surface area contributed by atoms with E-state index in [4.69, 9.17) is 16.6 Å². The van der Waals surface area contributed by atoms with E-state index >= 15 is 0 Å². The van der Waals surface area contributed by atoms with Crippen LogP contribution in [0.1, 0.15) is 16.8 Å². The lowest BCUT2D eigenvalue weighted by molar-refractivity contribution is -0.115. The number of benzene rings is 2. The van der Waals surface area contributed by atoms with E-state index in [9.17, 15) is 4.79 Å². The van der Waals surface area contributed by atoms with Gasteiger partial charge in [0, 0.05) is 28.8 Å². The summed E-state index contributed by atoms with van der Waals surface area (Å²) >= 11 is 7.64. The van der Waals surface area contributed by atoms with Crippen LogP contribution in [-0.4, -0.2) is 10.5 Å². The molecule has 0 aliphatic rings. The Morgan fingerprint density at radius 3 is 2.69 bits per heavy atom. The second kappa shape index (κ2) is 7.89. The first kappa shape index (κ1) is 18.4. The number of amides is 1. The van der Waals surface area contributed by atoms with Gasteiger partial charge in [0.1, 0.15) is 0 Å². The van der Waals surface area contributed by atoms with Crippen molar-refractivity contribution >= 4 is 40.2 Å². The Bertz CT molecular complexity index is 1020. The molecule has 1 heterocycles. The largest absolute Gasteiger partial charge is 0.326 e. The van der Waals surface area contributed by atoms with Gasteiger partial charge in [-0.25, -0.2) is 4.99 Å². The van der Waals surface area contributed by atoms with Gasteiger partial charge in [0.15, 0.2) is 4.80 Å². The summed E-state index contributed by atoms with van der Waals surface area (Å²) < 4.78 is 1.96. The highest BCUT2D eigenvalue weighted by molar-refractivity contribution is 7.07. The molecule has 1 aromatic heterocycles. The van der Waals surface area contributed by atoms with Crippen molar-refractivity contribution in [3.05, 3.63) is 74.5 Å². The number of thiazole rings is 1. The zero-order valence-electron chi connectivity index (χ0n) is 14.9. The third kappa shape index (κ3) is 4.23. The molecule has 0 spiro atoms. The van der Waals surface area contributed by atoms with E-state index in [1.807, 2.05) is 67.2 Å². The van der Waals surface area contributed by atoms with E-state index in [1.165, 1.54) is 11.3 Å².